The fourth-order valence-corrected chi connectivity index (χ4v) is 0.408. The molecule has 0 fully saturated rings. The van der Waals surface area contributed by atoms with Crippen LogP contribution in [0.1, 0.15) is 20.8 Å². The molecule has 0 heterocycles. The number of rotatable bonds is 1. The van der Waals surface area contributed by atoms with Gasteiger partial charge in [0.1, 0.15) is 0 Å². The zero-order valence-electron chi connectivity index (χ0n) is 6.06. The topological polar surface area (TPSA) is 9.23 Å². The van der Waals surface area contributed by atoms with Gasteiger partial charge in [-0.25, -0.2) is 0 Å². The van der Waals surface area contributed by atoms with Gasteiger partial charge in [0, 0.05) is 10.2 Å². The first-order valence-corrected chi connectivity index (χ1v) is 4.01. The molecule has 0 spiro atoms. The van der Waals surface area contributed by atoms with Crippen LogP contribution in [0.3, 0.4) is 0 Å². The highest BCUT2D eigenvalue weighted by Gasteiger charge is 2.06. The third-order valence-corrected chi connectivity index (χ3v) is 0.830. The van der Waals surface area contributed by atoms with Gasteiger partial charge >= 0.3 is 0 Å². The first-order valence-electron chi connectivity index (χ1n) is 2.85. The highest BCUT2D eigenvalue weighted by Crippen LogP contribution is 2.05. The molecule has 0 atom stereocenters. The largest absolute Gasteiger partial charge is 0.497 e. The summed E-state index contributed by atoms with van der Waals surface area (Å²) in [5, 5.41) is 0. The minimum atomic E-state index is -0.0130. The summed E-state index contributed by atoms with van der Waals surface area (Å²) < 4.78 is 5.23. The minimum Gasteiger partial charge on any atom is -0.497 e. The molecule has 0 radical (unpaired) electrons. The fourth-order valence-electron chi connectivity index (χ4n) is 0.272. The van der Waals surface area contributed by atoms with Crippen LogP contribution in [0, 0.1) is 0 Å². The molecule has 0 saturated carbocycles. The quantitative estimate of drug-likeness (QED) is 0.374. The summed E-state index contributed by atoms with van der Waals surface area (Å²) in [6.07, 6.45) is 1.77. The van der Waals surface area contributed by atoms with Crippen molar-refractivity contribution in [3.63, 3.8) is 0 Å². The highest BCUT2D eigenvalue weighted by molar-refractivity contribution is 6.16. The number of ether oxygens (including phenoxy) is 1. The molecule has 0 aromatic rings. The van der Waals surface area contributed by atoms with Crippen molar-refractivity contribution in [1.29, 1.82) is 0 Å². The smallest absolute Gasteiger partial charge is 0.0997 e. The number of hydrogen-bond acceptors (Lipinski definition) is 1. The van der Waals surface area contributed by atoms with E-state index < -0.39 is 0 Å². The van der Waals surface area contributed by atoms with Gasteiger partial charge in [-0.2, -0.15) is 0 Å². The SMILES string of the molecule is CC(C)(C)OC=C[SiH3]. The molecule has 0 aromatic carbocycles. The summed E-state index contributed by atoms with van der Waals surface area (Å²) in [4.78, 5) is 0. The van der Waals surface area contributed by atoms with Crippen LogP contribution in [0.4, 0.5) is 0 Å². The summed E-state index contributed by atoms with van der Waals surface area (Å²) in [6, 6.07) is 0. The molecule has 0 N–H and O–H groups in total. The van der Waals surface area contributed by atoms with Crippen molar-refractivity contribution in [2.24, 2.45) is 0 Å². The van der Waals surface area contributed by atoms with E-state index in [1.54, 1.807) is 6.26 Å². The van der Waals surface area contributed by atoms with Gasteiger partial charge in [-0.3, -0.25) is 0 Å². The van der Waals surface area contributed by atoms with Gasteiger partial charge in [-0.05, 0) is 20.8 Å². The Labute approximate surface area is 54.2 Å². The minimum absolute atomic E-state index is 0.0130. The molecule has 0 aromatic heterocycles. The molecule has 0 bridgehead atoms. The first-order chi connectivity index (χ1) is 3.56. The van der Waals surface area contributed by atoms with Gasteiger partial charge in [-0.15, -0.1) is 0 Å². The van der Waals surface area contributed by atoms with E-state index in [4.69, 9.17) is 4.74 Å². The third kappa shape index (κ3) is 5.76. The van der Waals surface area contributed by atoms with E-state index in [1.165, 1.54) is 0 Å². The standard InChI is InChI=1S/C6H14OSi/c1-6(2,3)7-4-5-8/h4-5H,1-3,8H3. The molecule has 2 heteroatoms. The van der Waals surface area contributed by atoms with E-state index in [-0.39, 0.29) is 5.60 Å². The van der Waals surface area contributed by atoms with Crippen LogP contribution in [0.25, 0.3) is 0 Å². The number of hydrogen-bond donors (Lipinski definition) is 0. The molecule has 0 amide bonds. The molecular weight excluding hydrogens is 116 g/mol. The average molecular weight is 130 g/mol. The Hall–Kier alpha value is -0.243. The van der Waals surface area contributed by atoms with E-state index in [0.29, 0.717) is 0 Å². The van der Waals surface area contributed by atoms with Crippen molar-refractivity contribution in [2.45, 2.75) is 26.4 Å². The van der Waals surface area contributed by atoms with Crippen molar-refractivity contribution in [3.8, 4) is 0 Å². The monoisotopic (exact) mass is 130 g/mol. The van der Waals surface area contributed by atoms with E-state index in [9.17, 15) is 0 Å². The van der Waals surface area contributed by atoms with Gasteiger partial charge in [0.25, 0.3) is 0 Å². The Morgan fingerprint density at radius 1 is 1.38 bits per heavy atom. The second-order valence-corrected chi connectivity index (χ2v) is 3.37. The van der Waals surface area contributed by atoms with Crippen molar-refractivity contribution < 1.29 is 4.74 Å². The van der Waals surface area contributed by atoms with E-state index >= 15 is 0 Å². The van der Waals surface area contributed by atoms with Crippen LogP contribution in [0.15, 0.2) is 12.0 Å². The molecule has 0 aliphatic heterocycles. The van der Waals surface area contributed by atoms with Crippen LogP contribution in [-0.2, 0) is 4.74 Å². The van der Waals surface area contributed by atoms with Crippen molar-refractivity contribution in [1.82, 2.24) is 0 Å². The normalized spacial score (nSPS) is 12.9. The zero-order valence-corrected chi connectivity index (χ0v) is 8.06. The molecule has 1 nitrogen and oxygen atoms in total. The van der Waals surface area contributed by atoms with Crippen LogP contribution < -0.4 is 0 Å². The van der Waals surface area contributed by atoms with Gasteiger partial charge in [-0.1, -0.05) is 5.70 Å². The van der Waals surface area contributed by atoms with Crippen LogP contribution in [-0.4, -0.2) is 15.8 Å². The summed E-state index contributed by atoms with van der Waals surface area (Å²) in [5.74, 6) is 0. The first kappa shape index (κ1) is 7.76. The second-order valence-electron chi connectivity index (χ2n) is 2.70. The van der Waals surface area contributed by atoms with Crippen LogP contribution >= 0.6 is 0 Å². The molecular formula is C6H14OSi. The summed E-state index contributed by atoms with van der Waals surface area (Å²) in [6.45, 7) is 6.11. The van der Waals surface area contributed by atoms with Gasteiger partial charge in [0.05, 0.1) is 11.9 Å². The van der Waals surface area contributed by atoms with Gasteiger partial charge in [0.2, 0.25) is 0 Å². The highest BCUT2D eigenvalue weighted by atomic mass is 28.1. The van der Waals surface area contributed by atoms with Crippen molar-refractivity contribution in [3.05, 3.63) is 12.0 Å². The van der Waals surface area contributed by atoms with Gasteiger partial charge in [0.15, 0.2) is 0 Å². The predicted molar refractivity (Wildman–Crippen MR) is 39.9 cm³/mol. The van der Waals surface area contributed by atoms with Gasteiger partial charge < -0.3 is 4.74 Å². The van der Waals surface area contributed by atoms with Crippen molar-refractivity contribution >= 4 is 10.2 Å². The third-order valence-electron chi connectivity index (χ3n) is 0.558. The lowest BCUT2D eigenvalue weighted by molar-refractivity contribution is 0.0771. The molecule has 0 saturated heterocycles. The van der Waals surface area contributed by atoms with Crippen LogP contribution in [0.2, 0.25) is 0 Å². The molecule has 0 rings (SSSR count). The summed E-state index contributed by atoms with van der Waals surface area (Å²) >= 11 is 0. The Kier molecular flexibility index (Phi) is 2.83. The van der Waals surface area contributed by atoms with E-state index in [0.717, 1.165) is 10.2 Å². The average Bonchev–Trinajstić information content (AvgIpc) is 1.59. The fraction of sp³-hybridized carbons (Fsp3) is 0.667. The Balaban J connectivity index is 3.39. The molecule has 48 valence electrons. The Morgan fingerprint density at radius 2 is 1.88 bits per heavy atom. The zero-order chi connectivity index (χ0) is 6.62. The van der Waals surface area contributed by atoms with E-state index in [2.05, 4.69) is 0 Å². The maximum Gasteiger partial charge on any atom is 0.0997 e. The molecule has 8 heavy (non-hydrogen) atoms. The lowest BCUT2D eigenvalue weighted by Gasteiger charge is -2.17. The summed E-state index contributed by atoms with van der Waals surface area (Å²) in [5.41, 5.74) is 2.01. The lowest BCUT2D eigenvalue weighted by atomic mass is 10.2. The second kappa shape index (κ2) is 2.92. The predicted octanol–water partition coefficient (Wildman–Crippen LogP) is 0.638. The maximum absolute atomic E-state index is 5.23. The Bertz CT molecular complexity index is 81.0. The summed E-state index contributed by atoms with van der Waals surface area (Å²) in [7, 11) is 1.08. The maximum atomic E-state index is 5.23. The van der Waals surface area contributed by atoms with E-state index in [1.807, 2.05) is 26.5 Å². The molecule has 0 aliphatic carbocycles. The molecule has 0 aliphatic rings. The molecule has 0 unspecified atom stereocenters. The van der Waals surface area contributed by atoms with Crippen LogP contribution in [0.5, 0.6) is 0 Å². The Morgan fingerprint density at radius 3 is 2.00 bits per heavy atom. The van der Waals surface area contributed by atoms with Crippen molar-refractivity contribution in [2.75, 3.05) is 0 Å². The lowest BCUT2D eigenvalue weighted by Crippen LogP contribution is -2.15.